The highest BCUT2D eigenvalue weighted by Gasteiger charge is 2.36. The summed E-state index contributed by atoms with van der Waals surface area (Å²) >= 11 is 0. The molecule has 4 nitrogen and oxygen atoms in total. The van der Waals surface area contributed by atoms with Crippen molar-refractivity contribution in [2.75, 3.05) is 0 Å². The van der Waals surface area contributed by atoms with Gasteiger partial charge in [0.25, 0.3) is 0 Å². The topological polar surface area (TPSA) is 77.8 Å². The predicted octanol–water partition coefficient (Wildman–Crippen LogP) is -0.407. The summed E-state index contributed by atoms with van der Waals surface area (Å²) in [5.74, 6) is -1.40. The van der Waals surface area contributed by atoms with E-state index in [1.54, 1.807) is 6.92 Å². The summed E-state index contributed by atoms with van der Waals surface area (Å²) in [5.41, 5.74) is -2.02. The van der Waals surface area contributed by atoms with E-state index in [9.17, 15) is 4.79 Å². The minimum absolute atomic E-state index is 0.222. The van der Waals surface area contributed by atoms with E-state index >= 15 is 0 Å². The lowest BCUT2D eigenvalue weighted by Gasteiger charge is -2.22. The minimum Gasteiger partial charge on any atom is -0.479 e. The number of carbonyl (C=O) groups is 1. The predicted molar refractivity (Wildman–Crippen MR) is 34.6 cm³/mol. The van der Waals surface area contributed by atoms with E-state index in [4.69, 9.17) is 15.3 Å². The van der Waals surface area contributed by atoms with Crippen LogP contribution in [0.5, 0.6) is 0 Å². The summed E-state index contributed by atoms with van der Waals surface area (Å²) < 4.78 is 0. The quantitative estimate of drug-likeness (QED) is 0.508. The van der Waals surface area contributed by atoms with E-state index in [2.05, 4.69) is 0 Å². The van der Waals surface area contributed by atoms with Crippen LogP contribution in [0.4, 0.5) is 0 Å². The molecule has 0 saturated carbocycles. The van der Waals surface area contributed by atoms with Gasteiger partial charge in [-0.05, 0) is 13.3 Å². The molecule has 60 valence electrons. The molecule has 0 spiro atoms. The van der Waals surface area contributed by atoms with Crippen molar-refractivity contribution < 1.29 is 20.1 Å². The Morgan fingerprint density at radius 3 is 2.20 bits per heavy atom. The normalized spacial score (nSPS) is 19.6. The number of carboxylic acids is 1. The lowest BCUT2D eigenvalue weighted by Crippen LogP contribution is -2.46. The molecule has 0 aliphatic carbocycles. The zero-order valence-corrected chi connectivity index (χ0v) is 6.03. The van der Waals surface area contributed by atoms with Gasteiger partial charge in [0.05, 0.1) is 6.10 Å². The highest BCUT2D eigenvalue weighted by atomic mass is 16.4. The van der Waals surface area contributed by atoms with Crippen LogP contribution in [0, 0.1) is 0 Å². The molecular formula is C6H12O4. The fraction of sp³-hybridized carbons (Fsp3) is 0.833. The third-order valence-electron chi connectivity index (χ3n) is 1.47. The van der Waals surface area contributed by atoms with Gasteiger partial charge in [0.1, 0.15) is 0 Å². The Morgan fingerprint density at radius 1 is 1.70 bits per heavy atom. The van der Waals surface area contributed by atoms with Gasteiger partial charge in [0.2, 0.25) is 0 Å². The monoisotopic (exact) mass is 148 g/mol. The molecule has 0 aromatic carbocycles. The smallest absolute Gasteiger partial charge is 0.338 e. The number of rotatable bonds is 3. The van der Waals surface area contributed by atoms with Crippen LogP contribution in [0.3, 0.4) is 0 Å². The molecule has 0 aromatic heterocycles. The average Bonchev–Trinajstić information content (AvgIpc) is 1.86. The number of aliphatic hydroxyl groups excluding tert-OH is 1. The molecular weight excluding hydrogens is 136 g/mol. The lowest BCUT2D eigenvalue weighted by atomic mass is 9.98. The zero-order valence-electron chi connectivity index (χ0n) is 6.03. The van der Waals surface area contributed by atoms with E-state index in [0.717, 1.165) is 6.92 Å². The van der Waals surface area contributed by atoms with E-state index in [0.29, 0.717) is 0 Å². The highest BCUT2D eigenvalue weighted by molar-refractivity contribution is 5.77. The maximum atomic E-state index is 10.2. The van der Waals surface area contributed by atoms with Crippen molar-refractivity contribution in [3.63, 3.8) is 0 Å². The third-order valence-corrected chi connectivity index (χ3v) is 1.47. The van der Waals surface area contributed by atoms with Gasteiger partial charge in [-0.25, -0.2) is 4.79 Å². The standard InChI is InChI=1S/C6H12O4/c1-3-4(7)6(2,10)5(8)9/h4,7,10H,3H2,1-2H3,(H,8,9)/t4-,6+/m1/s1. The molecule has 0 amide bonds. The van der Waals surface area contributed by atoms with Gasteiger partial charge in [-0.1, -0.05) is 6.92 Å². The van der Waals surface area contributed by atoms with Crippen molar-refractivity contribution in [3.05, 3.63) is 0 Å². The van der Waals surface area contributed by atoms with Crippen LogP contribution in [0.1, 0.15) is 20.3 Å². The zero-order chi connectivity index (χ0) is 8.36. The number of hydrogen-bond donors (Lipinski definition) is 3. The Bertz CT molecular complexity index is 130. The van der Waals surface area contributed by atoms with Crippen molar-refractivity contribution in [2.45, 2.75) is 32.0 Å². The van der Waals surface area contributed by atoms with Crippen LogP contribution >= 0.6 is 0 Å². The summed E-state index contributed by atoms with van der Waals surface area (Å²) in [4.78, 5) is 10.2. The molecule has 0 bridgehead atoms. The first-order chi connectivity index (χ1) is 4.42. The van der Waals surface area contributed by atoms with Gasteiger partial charge in [-0.15, -0.1) is 0 Å². The van der Waals surface area contributed by atoms with Gasteiger partial charge >= 0.3 is 5.97 Å². The summed E-state index contributed by atoms with van der Waals surface area (Å²) in [7, 11) is 0. The molecule has 0 aliphatic rings. The first-order valence-corrected chi connectivity index (χ1v) is 3.06. The summed E-state index contributed by atoms with van der Waals surface area (Å²) in [5, 5.41) is 26.3. The molecule has 0 aromatic rings. The van der Waals surface area contributed by atoms with Gasteiger partial charge in [-0.2, -0.15) is 0 Å². The Morgan fingerprint density at radius 2 is 2.10 bits per heavy atom. The van der Waals surface area contributed by atoms with E-state index < -0.39 is 17.7 Å². The summed E-state index contributed by atoms with van der Waals surface area (Å²) in [6.07, 6.45) is -0.982. The summed E-state index contributed by atoms with van der Waals surface area (Å²) in [6, 6.07) is 0. The molecule has 0 fully saturated rings. The highest BCUT2D eigenvalue weighted by Crippen LogP contribution is 2.12. The molecule has 0 rings (SSSR count). The fourth-order valence-electron chi connectivity index (χ4n) is 0.540. The Balaban J connectivity index is 4.23. The molecule has 0 unspecified atom stereocenters. The van der Waals surface area contributed by atoms with Crippen molar-refractivity contribution >= 4 is 5.97 Å². The van der Waals surface area contributed by atoms with Crippen molar-refractivity contribution in [2.24, 2.45) is 0 Å². The van der Waals surface area contributed by atoms with E-state index in [-0.39, 0.29) is 6.42 Å². The van der Waals surface area contributed by atoms with Crippen molar-refractivity contribution in [1.82, 2.24) is 0 Å². The van der Waals surface area contributed by atoms with Crippen LogP contribution in [-0.4, -0.2) is 33.0 Å². The first kappa shape index (κ1) is 9.39. The van der Waals surface area contributed by atoms with E-state index in [1.807, 2.05) is 0 Å². The average molecular weight is 148 g/mol. The van der Waals surface area contributed by atoms with Crippen LogP contribution in [-0.2, 0) is 4.79 Å². The second-order valence-corrected chi connectivity index (χ2v) is 2.38. The fourth-order valence-corrected chi connectivity index (χ4v) is 0.540. The van der Waals surface area contributed by atoms with Crippen LogP contribution in [0.15, 0.2) is 0 Å². The molecule has 4 heteroatoms. The Hall–Kier alpha value is -0.610. The molecule has 0 aliphatic heterocycles. The van der Waals surface area contributed by atoms with Crippen LogP contribution in [0.2, 0.25) is 0 Å². The second-order valence-electron chi connectivity index (χ2n) is 2.38. The molecule has 0 heterocycles. The minimum atomic E-state index is -2.02. The Kier molecular flexibility index (Phi) is 2.80. The third kappa shape index (κ3) is 1.68. The number of aliphatic carboxylic acids is 1. The second kappa shape index (κ2) is 2.98. The Labute approximate surface area is 59.1 Å². The van der Waals surface area contributed by atoms with Crippen LogP contribution < -0.4 is 0 Å². The molecule has 0 saturated heterocycles. The largest absolute Gasteiger partial charge is 0.479 e. The van der Waals surface area contributed by atoms with Gasteiger partial charge < -0.3 is 15.3 Å². The van der Waals surface area contributed by atoms with Crippen LogP contribution in [0.25, 0.3) is 0 Å². The SMILES string of the molecule is CC[C@@H](O)[C@](C)(O)C(=O)O. The van der Waals surface area contributed by atoms with Gasteiger partial charge in [-0.3, -0.25) is 0 Å². The molecule has 3 N–H and O–H groups in total. The maximum absolute atomic E-state index is 10.2. The van der Waals surface area contributed by atoms with Crippen molar-refractivity contribution in [1.29, 1.82) is 0 Å². The molecule has 0 radical (unpaired) electrons. The van der Waals surface area contributed by atoms with Gasteiger partial charge in [0.15, 0.2) is 5.60 Å². The number of carboxylic acid groups (broad SMARTS) is 1. The van der Waals surface area contributed by atoms with Gasteiger partial charge in [0, 0.05) is 0 Å². The lowest BCUT2D eigenvalue weighted by molar-refractivity contribution is -0.168. The van der Waals surface area contributed by atoms with E-state index in [1.165, 1.54) is 0 Å². The van der Waals surface area contributed by atoms with Crippen molar-refractivity contribution in [3.8, 4) is 0 Å². The maximum Gasteiger partial charge on any atom is 0.338 e. The first-order valence-electron chi connectivity index (χ1n) is 3.06. The number of aliphatic hydroxyl groups is 2. The summed E-state index contributed by atoms with van der Waals surface area (Å²) in [6.45, 7) is 2.67. The number of hydrogen-bond acceptors (Lipinski definition) is 3. The molecule has 10 heavy (non-hydrogen) atoms. The molecule has 2 atom stereocenters.